The monoisotopic (exact) mass is 518 g/mol. The Kier molecular flexibility index (Phi) is 7.79. The number of amides is 1. The summed E-state index contributed by atoms with van der Waals surface area (Å²) < 4.78 is 45.9. The summed E-state index contributed by atoms with van der Waals surface area (Å²) in [5.41, 5.74) is 0.464. The van der Waals surface area contributed by atoms with Gasteiger partial charge in [-0.3, -0.25) is 14.4 Å². The summed E-state index contributed by atoms with van der Waals surface area (Å²) >= 11 is 0. The molecule has 1 saturated heterocycles. The van der Waals surface area contributed by atoms with Gasteiger partial charge in [0.2, 0.25) is 5.91 Å². The van der Waals surface area contributed by atoms with E-state index in [1.807, 2.05) is 6.07 Å². The number of benzene rings is 1. The molecule has 0 radical (unpaired) electrons. The number of carbonyl (C=O) groups is 1. The first-order valence-corrected chi connectivity index (χ1v) is 13.6. The van der Waals surface area contributed by atoms with Crippen molar-refractivity contribution in [1.82, 2.24) is 19.6 Å². The number of ether oxygens (including phenoxy) is 1. The highest BCUT2D eigenvalue weighted by molar-refractivity contribution is 5.76. The second kappa shape index (κ2) is 11.1. The zero-order valence-electron chi connectivity index (χ0n) is 21.4. The smallest absolute Gasteiger partial charge is 0.435 e. The molecule has 1 saturated carbocycles. The van der Waals surface area contributed by atoms with Crippen molar-refractivity contribution in [2.75, 3.05) is 39.3 Å². The van der Waals surface area contributed by atoms with E-state index in [4.69, 9.17) is 4.74 Å². The fourth-order valence-corrected chi connectivity index (χ4v) is 5.88. The third-order valence-electron chi connectivity index (χ3n) is 8.22. The van der Waals surface area contributed by atoms with Gasteiger partial charge in [0, 0.05) is 38.9 Å². The van der Waals surface area contributed by atoms with Gasteiger partial charge in [0.15, 0.2) is 5.69 Å². The van der Waals surface area contributed by atoms with Crippen LogP contribution in [0.4, 0.5) is 13.2 Å². The molecule has 202 valence electrons. The first-order chi connectivity index (χ1) is 17.8. The maximum absolute atomic E-state index is 12.9. The molecule has 1 spiro atoms. The topological polar surface area (TPSA) is 50.6 Å². The molecule has 1 aromatic carbocycles. The number of hydrogen-bond acceptors (Lipinski definition) is 4. The molecule has 37 heavy (non-hydrogen) atoms. The van der Waals surface area contributed by atoms with Gasteiger partial charge in [-0.2, -0.15) is 18.3 Å². The molecule has 3 heterocycles. The Labute approximate surface area is 216 Å². The number of carbonyl (C=O) groups excluding carboxylic acids is 1. The lowest BCUT2D eigenvalue weighted by Gasteiger charge is -2.45. The van der Waals surface area contributed by atoms with Gasteiger partial charge >= 0.3 is 6.18 Å². The summed E-state index contributed by atoms with van der Waals surface area (Å²) in [6, 6.07) is 9.28. The summed E-state index contributed by atoms with van der Waals surface area (Å²) in [4.78, 5) is 17.3. The van der Waals surface area contributed by atoms with Crippen LogP contribution >= 0.6 is 0 Å². The highest BCUT2D eigenvalue weighted by Crippen LogP contribution is 2.40. The van der Waals surface area contributed by atoms with Crippen LogP contribution in [0.1, 0.15) is 56.2 Å². The standard InChI is InChI=1S/C28H37F3N4O2/c29-28(30,31)25-10-14-35(32-25)20-26(36)34-15-12-27(13-16-34)11-4-3-6-23-5-1-2-7-24(23)37-18-17-33(21-27)19-22-8-9-22/h1-2,5,7,10,14,22H,3-4,6,8-9,11-13,15-21H2. The number of hydrogen-bond donors (Lipinski definition) is 0. The molecule has 2 aromatic rings. The van der Waals surface area contributed by atoms with Gasteiger partial charge in [0.05, 0.1) is 0 Å². The summed E-state index contributed by atoms with van der Waals surface area (Å²) in [7, 11) is 0. The van der Waals surface area contributed by atoms with Crippen molar-refractivity contribution in [1.29, 1.82) is 0 Å². The Morgan fingerprint density at radius 2 is 1.84 bits per heavy atom. The van der Waals surface area contributed by atoms with E-state index in [2.05, 4.69) is 28.2 Å². The number of likely N-dealkylation sites (tertiary alicyclic amines) is 1. The minimum absolute atomic E-state index is 0.152. The van der Waals surface area contributed by atoms with Crippen molar-refractivity contribution in [2.45, 2.75) is 64.1 Å². The van der Waals surface area contributed by atoms with Crippen molar-refractivity contribution in [3.05, 3.63) is 47.8 Å². The molecule has 0 atom stereocenters. The second-order valence-electron chi connectivity index (χ2n) is 11.1. The van der Waals surface area contributed by atoms with Gasteiger partial charge in [0.1, 0.15) is 18.9 Å². The number of halogens is 3. The average molecular weight is 519 g/mol. The van der Waals surface area contributed by atoms with Crippen LogP contribution in [0.2, 0.25) is 0 Å². The minimum Gasteiger partial charge on any atom is -0.492 e. The minimum atomic E-state index is -4.50. The zero-order chi connectivity index (χ0) is 25.9. The maximum atomic E-state index is 12.9. The third kappa shape index (κ3) is 6.86. The molecular formula is C28H37F3N4O2. The molecule has 0 N–H and O–H groups in total. The van der Waals surface area contributed by atoms with E-state index >= 15 is 0 Å². The lowest BCUT2D eigenvalue weighted by molar-refractivity contribution is -0.142. The van der Waals surface area contributed by atoms with E-state index in [9.17, 15) is 18.0 Å². The van der Waals surface area contributed by atoms with Crippen molar-refractivity contribution in [3.63, 3.8) is 0 Å². The number of aryl methyl sites for hydroxylation is 1. The summed E-state index contributed by atoms with van der Waals surface area (Å²) in [6.45, 7) is 4.82. The van der Waals surface area contributed by atoms with Crippen LogP contribution in [0.25, 0.3) is 0 Å². The zero-order valence-corrected chi connectivity index (χ0v) is 21.4. The van der Waals surface area contributed by atoms with E-state index in [-0.39, 0.29) is 17.9 Å². The molecule has 6 nitrogen and oxygen atoms in total. The Morgan fingerprint density at radius 1 is 1.05 bits per heavy atom. The lowest BCUT2D eigenvalue weighted by Crippen LogP contribution is -2.49. The SMILES string of the molecule is O=C(Cn1ccc(C(F)(F)F)n1)N1CCC2(CCCCc3ccccc3OCCN(CC3CC3)C2)CC1. The number of aromatic nitrogens is 2. The predicted octanol–water partition coefficient (Wildman–Crippen LogP) is 5.03. The van der Waals surface area contributed by atoms with E-state index in [0.29, 0.717) is 19.7 Å². The molecule has 0 bridgehead atoms. The van der Waals surface area contributed by atoms with Gasteiger partial charge in [0.25, 0.3) is 0 Å². The van der Waals surface area contributed by atoms with Gasteiger partial charge in [-0.05, 0) is 74.0 Å². The number of alkyl halides is 3. The largest absolute Gasteiger partial charge is 0.492 e. The highest BCUT2D eigenvalue weighted by Gasteiger charge is 2.38. The summed E-state index contributed by atoms with van der Waals surface area (Å²) in [6.07, 6.45) is 5.56. The second-order valence-corrected chi connectivity index (χ2v) is 11.1. The Hall–Kier alpha value is -2.55. The van der Waals surface area contributed by atoms with Crippen LogP contribution in [0, 0.1) is 11.3 Å². The van der Waals surface area contributed by atoms with Crippen LogP contribution < -0.4 is 4.74 Å². The highest BCUT2D eigenvalue weighted by atomic mass is 19.4. The van der Waals surface area contributed by atoms with E-state index in [0.717, 1.165) is 80.6 Å². The van der Waals surface area contributed by atoms with Crippen LogP contribution in [-0.4, -0.2) is 64.8 Å². The number of rotatable bonds is 4. The van der Waals surface area contributed by atoms with Crippen LogP contribution in [0.5, 0.6) is 5.75 Å². The number of piperidine rings is 1. The molecule has 1 aromatic heterocycles. The first kappa shape index (κ1) is 26.1. The van der Waals surface area contributed by atoms with Gasteiger partial charge in [-0.15, -0.1) is 0 Å². The first-order valence-electron chi connectivity index (χ1n) is 13.6. The van der Waals surface area contributed by atoms with Crippen LogP contribution in [0.15, 0.2) is 36.5 Å². The average Bonchev–Trinajstić information content (AvgIpc) is 3.55. The quantitative estimate of drug-likeness (QED) is 0.570. The molecular weight excluding hydrogens is 481 g/mol. The van der Waals surface area contributed by atoms with Crippen molar-refractivity contribution < 1.29 is 22.7 Å². The molecule has 3 aliphatic rings. The van der Waals surface area contributed by atoms with Gasteiger partial charge < -0.3 is 9.64 Å². The summed E-state index contributed by atoms with van der Waals surface area (Å²) in [5, 5.41) is 3.54. The normalized spacial score (nSPS) is 21.5. The van der Waals surface area contributed by atoms with Crippen LogP contribution in [0.3, 0.4) is 0 Å². The van der Waals surface area contributed by atoms with Crippen molar-refractivity contribution >= 4 is 5.91 Å². The molecule has 1 aliphatic carbocycles. The van der Waals surface area contributed by atoms with E-state index in [1.54, 1.807) is 4.90 Å². The molecule has 2 fully saturated rings. The molecule has 2 aliphatic heterocycles. The fourth-order valence-electron chi connectivity index (χ4n) is 5.88. The Balaban J connectivity index is 1.22. The van der Waals surface area contributed by atoms with Gasteiger partial charge in [-0.25, -0.2) is 0 Å². The number of fused-ring (bicyclic) bond motifs is 1. The summed E-state index contributed by atoms with van der Waals surface area (Å²) in [5.74, 6) is 1.63. The number of nitrogens with zero attached hydrogens (tertiary/aromatic N) is 4. The third-order valence-corrected chi connectivity index (χ3v) is 8.22. The van der Waals surface area contributed by atoms with Gasteiger partial charge in [-0.1, -0.05) is 24.6 Å². The predicted molar refractivity (Wildman–Crippen MR) is 134 cm³/mol. The fraction of sp³-hybridized carbons (Fsp3) is 0.643. The Morgan fingerprint density at radius 3 is 2.57 bits per heavy atom. The van der Waals surface area contributed by atoms with Crippen molar-refractivity contribution in [2.24, 2.45) is 11.3 Å². The Bertz CT molecular complexity index is 1060. The van der Waals surface area contributed by atoms with Crippen LogP contribution in [-0.2, 0) is 23.9 Å². The molecule has 1 amide bonds. The lowest BCUT2D eigenvalue weighted by atomic mass is 9.73. The van der Waals surface area contributed by atoms with Crippen molar-refractivity contribution in [3.8, 4) is 5.75 Å². The number of para-hydroxylation sites is 1. The van der Waals surface area contributed by atoms with E-state index < -0.39 is 11.9 Å². The maximum Gasteiger partial charge on any atom is 0.435 e. The molecule has 0 unspecified atom stereocenters. The molecule has 5 rings (SSSR count). The molecule has 9 heteroatoms. The van der Waals surface area contributed by atoms with E-state index in [1.165, 1.54) is 24.6 Å².